The maximum Gasteiger partial charge on any atom is 0.225 e. The molecular weight excluding hydrogens is 432 g/mol. The summed E-state index contributed by atoms with van der Waals surface area (Å²) in [5.41, 5.74) is -0.654. The minimum absolute atomic E-state index is 0.174. The van der Waals surface area contributed by atoms with E-state index in [1.807, 2.05) is 40.5 Å². The number of ether oxygens (including phenoxy) is 2. The smallest absolute Gasteiger partial charge is 0.225 e. The molecule has 0 bridgehead atoms. The first-order valence-electron chi connectivity index (χ1n) is 11.1. The van der Waals surface area contributed by atoms with Gasteiger partial charge in [-0.1, -0.05) is 11.6 Å². The molecule has 1 atom stereocenters. The van der Waals surface area contributed by atoms with Crippen molar-refractivity contribution in [1.82, 2.24) is 9.80 Å². The number of amides is 1. The normalized spacial score (nSPS) is 22.5. The number of morpholine rings is 1. The van der Waals surface area contributed by atoms with Crippen molar-refractivity contribution in [2.45, 2.75) is 44.8 Å². The van der Waals surface area contributed by atoms with Crippen molar-refractivity contribution in [3.05, 3.63) is 51.2 Å². The second-order valence-corrected chi connectivity index (χ2v) is 10.4. The van der Waals surface area contributed by atoms with E-state index in [0.717, 1.165) is 44.8 Å². The van der Waals surface area contributed by atoms with Crippen LogP contribution < -0.4 is 4.74 Å². The first-order valence-corrected chi connectivity index (χ1v) is 12.3. The summed E-state index contributed by atoms with van der Waals surface area (Å²) in [6, 6.07) is 11.7. The van der Waals surface area contributed by atoms with Crippen molar-refractivity contribution in [2.75, 3.05) is 39.4 Å². The number of carbonyl (C=O) groups is 1. The van der Waals surface area contributed by atoms with Crippen LogP contribution in [0.4, 0.5) is 0 Å². The molecule has 2 aromatic rings. The summed E-state index contributed by atoms with van der Waals surface area (Å²) in [6.07, 6.45) is 3.73. The number of hydrogen-bond acceptors (Lipinski definition) is 5. The van der Waals surface area contributed by atoms with Crippen molar-refractivity contribution in [3.8, 4) is 5.75 Å². The quantitative estimate of drug-likeness (QED) is 0.594. The Morgan fingerprint density at radius 3 is 2.61 bits per heavy atom. The molecule has 31 heavy (non-hydrogen) atoms. The third kappa shape index (κ3) is 6.22. The zero-order valence-electron chi connectivity index (χ0n) is 18.1. The van der Waals surface area contributed by atoms with Gasteiger partial charge in [-0.3, -0.25) is 9.69 Å². The number of piperidine rings is 1. The predicted octanol–water partition coefficient (Wildman–Crippen LogP) is 4.76. The van der Waals surface area contributed by atoms with Crippen LogP contribution in [0, 0.1) is 6.92 Å². The summed E-state index contributed by atoms with van der Waals surface area (Å²) in [5, 5.41) is 0.675. The number of hydrogen-bond donors (Lipinski definition) is 0. The number of rotatable bonds is 7. The van der Waals surface area contributed by atoms with E-state index in [4.69, 9.17) is 21.1 Å². The molecule has 0 aliphatic carbocycles. The summed E-state index contributed by atoms with van der Waals surface area (Å²) >= 11 is 7.83. The maximum absolute atomic E-state index is 13.2. The molecular formula is C24H31ClN2O3S. The van der Waals surface area contributed by atoms with Crippen molar-refractivity contribution in [3.63, 3.8) is 0 Å². The van der Waals surface area contributed by atoms with Crippen LogP contribution in [0.2, 0.25) is 5.02 Å². The lowest BCUT2D eigenvalue weighted by molar-refractivity contribution is -0.157. The van der Waals surface area contributed by atoms with Crippen molar-refractivity contribution in [2.24, 2.45) is 0 Å². The lowest BCUT2D eigenvalue weighted by Crippen LogP contribution is -2.57. The Bertz CT molecular complexity index is 866. The first-order chi connectivity index (χ1) is 15.0. The number of nitrogens with zero attached hydrogens (tertiary/aromatic N) is 2. The van der Waals surface area contributed by atoms with Gasteiger partial charge in [0.2, 0.25) is 5.91 Å². The molecule has 168 valence electrons. The van der Waals surface area contributed by atoms with E-state index in [1.165, 1.54) is 16.2 Å². The van der Waals surface area contributed by atoms with E-state index in [-0.39, 0.29) is 5.91 Å². The van der Waals surface area contributed by atoms with Crippen molar-refractivity contribution < 1.29 is 14.3 Å². The Morgan fingerprint density at radius 1 is 1.13 bits per heavy atom. The van der Waals surface area contributed by atoms with Gasteiger partial charge in [-0.15, -0.1) is 11.3 Å². The van der Waals surface area contributed by atoms with Gasteiger partial charge in [0, 0.05) is 47.5 Å². The first kappa shape index (κ1) is 22.6. The Kier molecular flexibility index (Phi) is 7.54. The fourth-order valence-corrected chi connectivity index (χ4v) is 5.43. The average molecular weight is 463 g/mol. The number of carbonyl (C=O) groups excluding carboxylic acids is 1. The number of benzene rings is 1. The van der Waals surface area contributed by atoms with E-state index in [0.29, 0.717) is 31.2 Å². The molecule has 3 heterocycles. The molecule has 5 nitrogen and oxygen atoms in total. The van der Waals surface area contributed by atoms with Crippen LogP contribution in [-0.4, -0.2) is 60.7 Å². The van der Waals surface area contributed by atoms with Crippen LogP contribution in [0.25, 0.3) is 0 Å². The minimum Gasteiger partial charge on any atom is -0.491 e. The van der Waals surface area contributed by atoms with Gasteiger partial charge in [0.05, 0.1) is 13.0 Å². The third-order valence-corrected chi connectivity index (χ3v) is 7.24. The highest BCUT2D eigenvalue weighted by Gasteiger charge is 2.41. The zero-order valence-corrected chi connectivity index (χ0v) is 19.7. The Morgan fingerprint density at radius 2 is 1.90 bits per heavy atom. The Hall–Kier alpha value is -1.60. The van der Waals surface area contributed by atoms with Crippen molar-refractivity contribution in [1.29, 1.82) is 0 Å². The monoisotopic (exact) mass is 462 g/mol. The lowest BCUT2D eigenvalue weighted by Gasteiger charge is -2.43. The summed E-state index contributed by atoms with van der Waals surface area (Å²) < 4.78 is 12.4. The number of likely N-dealkylation sites (tertiary alicyclic amines) is 1. The van der Waals surface area contributed by atoms with E-state index >= 15 is 0 Å². The van der Waals surface area contributed by atoms with E-state index in [2.05, 4.69) is 24.0 Å². The van der Waals surface area contributed by atoms with E-state index in [9.17, 15) is 4.79 Å². The molecule has 1 aromatic carbocycles. The van der Waals surface area contributed by atoms with Gasteiger partial charge < -0.3 is 14.4 Å². The molecule has 2 fully saturated rings. The van der Waals surface area contributed by atoms with Crippen LogP contribution in [-0.2, 0) is 16.1 Å². The van der Waals surface area contributed by atoms with Crippen LogP contribution in [0.1, 0.15) is 35.4 Å². The molecule has 1 aromatic heterocycles. The molecule has 7 heteroatoms. The SMILES string of the molecule is Cc1ccc(CN2CCO[C@](COc3ccc(Cl)cc3)(CC(=O)N3CCCCC3)C2)s1. The van der Waals surface area contributed by atoms with Crippen LogP contribution >= 0.6 is 22.9 Å². The van der Waals surface area contributed by atoms with Gasteiger partial charge in [-0.05, 0) is 62.6 Å². The van der Waals surface area contributed by atoms with Gasteiger partial charge in [-0.25, -0.2) is 0 Å². The highest BCUT2D eigenvalue weighted by atomic mass is 35.5. The van der Waals surface area contributed by atoms with Gasteiger partial charge in [-0.2, -0.15) is 0 Å². The molecule has 0 saturated carbocycles. The third-order valence-electron chi connectivity index (χ3n) is 6.00. The van der Waals surface area contributed by atoms with E-state index < -0.39 is 5.60 Å². The van der Waals surface area contributed by atoms with Gasteiger partial charge in [0.1, 0.15) is 18.0 Å². The topological polar surface area (TPSA) is 42.0 Å². The number of thiophene rings is 1. The highest BCUT2D eigenvalue weighted by Crippen LogP contribution is 2.28. The molecule has 1 amide bonds. The molecule has 2 aliphatic heterocycles. The zero-order chi connectivity index (χ0) is 21.7. The molecule has 0 spiro atoms. The second-order valence-electron chi connectivity index (χ2n) is 8.62. The highest BCUT2D eigenvalue weighted by molar-refractivity contribution is 7.11. The van der Waals surface area contributed by atoms with E-state index in [1.54, 1.807) is 0 Å². The van der Waals surface area contributed by atoms with Gasteiger partial charge >= 0.3 is 0 Å². The standard InChI is InChI=1S/C24H31ClN2O3S/c1-19-5-10-22(31-19)16-26-13-14-30-24(17-26,15-23(28)27-11-3-2-4-12-27)18-29-21-8-6-20(25)7-9-21/h5-10H,2-4,11-18H2,1H3/t24-/m1/s1. The number of aryl methyl sites for hydroxylation is 1. The Labute approximate surface area is 193 Å². The molecule has 0 N–H and O–H groups in total. The predicted molar refractivity (Wildman–Crippen MR) is 125 cm³/mol. The second kappa shape index (κ2) is 10.3. The molecule has 0 radical (unpaired) electrons. The number of halogens is 1. The summed E-state index contributed by atoms with van der Waals surface area (Å²) in [6.45, 7) is 7.19. The molecule has 4 rings (SSSR count). The average Bonchev–Trinajstić information content (AvgIpc) is 3.18. The summed E-state index contributed by atoms with van der Waals surface area (Å²) in [7, 11) is 0. The maximum atomic E-state index is 13.2. The van der Waals surface area contributed by atoms with Gasteiger partial charge in [0.25, 0.3) is 0 Å². The van der Waals surface area contributed by atoms with Crippen molar-refractivity contribution >= 4 is 28.8 Å². The molecule has 0 unspecified atom stereocenters. The summed E-state index contributed by atoms with van der Waals surface area (Å²) in [5.74, 6) is 0.914. The van der Waals surface area contributed by atoms with Gasteiger partial charge in [0.15, 0.2) is 0 Å². The fraction of sp³-hybridized carbons (Fsp3) is 0.542. The fourth-order valence-electron chi connectivity index (χ4n) is 4.37. The Balaban J connectivity index is 1.47. The van der Waals surface area contributed by atoms with Crippen LogP contribution in [0.5, 0.6) is 5.75 Å². The largest absolute Gasteiger partial charge is 0.491 e. The summed E-state index contributed by atoms with van der Waals surface area (Å²) in [4.78, 5) is 20.2. The lowest BCUT2D eigenvalue weighted by atomic mass is 9.96. The minimum atomic E-state index is -0.654. The molecule has 2 saturated heterocycles. The van der Waals surface area contributed by atoms with Crippen LogP contribution in [0.15, 0.2) is 36.4 Å². The molecule has 2 aliphatic rings. The van der Waals surface area contributed by atoms with Crippen LogP contribution in [0.3, 0.4) is 0 Å².